The van der Waals surface area contributed by atoms with Crippen molar-refractivity contribution in [2.75, 3.05) is 0 Å². The zero-order chi connectivity index (χ0) is 16.4. The van der Waals surface area contributed by atoms with E-state index in [1.165, 1.54) is 12.1 Å². The van der Waals surface area contributed by atoms with Crippen molar-refractivity contribution >= 4 is 0 Å². The summed E-state index contributed by atoms with van der Waals surface area (Å²) in [4.78, 5) is 11.1. The summed E-state index contributed by atoms with van der Waals surface area (Å²) in [5, 5.41) is 3.95. The first-order valence-electron chi connectivity index (χ1n) is 7.14. The summed E-state index contributed by atoms with van der Waals surface area (Å²) in [5.41, 5.74) is 1.45. The molecule has 4 rings (SSSR count). The van der Waals surface area contributed by atoms with Crippen molar-refractivity contribution < 1.29 is 13.7 Å². The lowest BCUT2D eigenvalue weighted by Crippen LogP contribution is -1.86. The quantitative estimate of drug-likeness (QED) is 0.613. The van der Waals surface area contributed by atoms with E-state index < -0.39 is 0 Å². The normalized spacial score (nSPS) is 10.7. The molecule has 2 aromatic carbocycles. The Labute approximate surface area is 135 Å². The molecule has 0 aliphatic carbocycles. The van der Waals surface area contributed by atoms with E-state index >= 15 is 0 Å². The standard InChI is InChI=1S/C17H11FN4O2/c18-12-3-7-14(8-4-12)23-13-5-1-11(2-6-13)16-21-17(24-22-16)15-9-19-10-20-15/h1-10H,(H,19,20). The number of nitrogens with zero attached hydrogens (tertiary/aromatic N) is 3. The van der Waals surface area contributed by atoms with Crippen molar-refractivity contribution in [3.05, 3.63) is 66.9 Å². The predicted octanol–water partition coefficient (Wildman–Crippen LogP) is 4.06. The van der Waals surface area contributed by atoms with E-state index in [0.717, 1.165) is 5.56 Å². The molecule has 4 aromatic rings. The topological polar surface area (TPSA) is 76.8 Å². The molecule has 7 heteroatoms. The highest BCUT2D eigenvalue weighted by Crippen LogP contribution is 2.25. The third kappa shape index (κ3) is 2.87. The molecule has 118 valence electrons. The monoisotopic (exact) mass is 322 g/mol. The molecule has 0 bridgehead atoms. The number of halogens is 1. The molecule has 2 aromatic heterocycles. The molecule has 0 saturated carbocycles. The van der Waals surface area contributed by atoms with Crippen LogP contribution in [0.1, 0.15) is 0 Å². The molecule has 0 saturated heterocycles. The zero-order valence-electron chi connectivity index (χ0n) is 12.3. The van der Waals surface area contributed by atoms with Crippen molar-refractivity contribution in [3.63, 3.8) is 0 Å². The Morgan fingerprint density at radius 2 is 1.67 bits per heavy atom. The number of aromatic nitrogens is 4. The van der Waals surface area contributed by atoms with Crippen LogP contribution < -0.4 is 4.74 Å². The van der Waals surface area contributed by atoms with E-state index in [2.05, 4.69) is 20.1 Å². The number of benzene rings is 2. The lowest BCUT2D eigenvalue weighted by Gasteiger charge is -2.05. The summed E-state index contributed by atoms with van der Waals surface area (Å²) in [5.74, 6) is 1.72. The summed E-state index contributed by atoms with van der Waals surface area (Å²) < 4.78 is 23.7. The molecule has 6 nitrogen and oxygen atoms in total. The lowest BCUT2D eigenvalue weighted by molar-refractivity contribution is 0.431. The fourth-order valence-corrected chi connectivity index (χ4v) is 2.13. The second-order valence-electron chi connectivity index (χ2n) is 4.97. The summed E-state index contributed by atoms with van der Waals surface area (Å²) in [6.45, 7) is 0. The van der Waals surface area contributed by atoms with Crippen LogP contribution in [-0.2, 0) is 0 Å². The largest absolute Gasteiger partial charge is 0.457 e. The van der Waals surface area contributed by atoms with E-state index in [0.29, 0.717) is 28.9 Å². The van der Waals surface area contributed by atoms with Gasteiger partial charge in [0.1, 0.15) is 23.0 Å². The number of aromatic amines is 1. The van der Waals surface area contributed by atoms with Crippen molar-refractivity contribution in [1.29, 1.82) is 0 Å². The molecule has 2 heterocycles. The number of imidazole rings is 1. The third-order valence-electron chi connectivity index (χ3n) is 3.32. The number of ether oxygens (including phenoxy) is 1. The molecule has 0 radical (unpaired) electrons. The lowest BCUT2D eigenvalue weighted by atomic mass is 10.2. The van der Waals surface area contributed by atoms with Gasteiger partial charge in [0.15, 0.2) is 0 Å². The van der Waals surface area contributed by atoms with E-state index in [1.807, 2.05) is 12.1 Å². The number of hydrogen-bond donors (Lipinski definition) is 1. The van der Waals surface area contributed by atoms with Crippen LogP contribution in [0.5, 0.6) is 11.5 Å². The number of nitrogens with one attached hydrogen (secondary N) is 1. The van der Waals surface area contributed by atoms with Gasteiger partial charge >= 0.3 is 0 Å². The summed E-state index contributed by atoms with van der Waals surface area (Å²) >= 11 is 0. The first-order valence-corrected chi connectivity index (χ1v) is 7.14. The highest BCUT2D eigenvalue weighted by Gasteiger charge is 2.11. The van der Waals surface area contributed by atoms with Crippen LogP contribution in [-0.4, -0.2) is 20.1 Å². The van der Waals surface area contributed by atoms with Crippen molar-refractivity contribution in [3.8, 4) is 34.5 Å². The Morgan fingerprint density at radius 3 is 2.33 bits per heavy atom. The summed E-state index contributed by atoms with van der Waals surface area (Å²) in [6.07, 6.45) is 3.15. The van der Waals surface area contributed by atoms with Crippen LogP contribution >= 0.6 is 0 Å². The van der Waals surface area contributed by atoms with Crippen LogP contribution in [0.25, 0.3) is 23.0 Å². The first kappa shape index (κ1) is 14.1. The Balaban J connectivity index is 1.52. The van der Waals surface area contributed by atoms with E-state index in [-0.39, 0.29) is 5.82 Å². The smallest absolute Gasteiger partial charge is 0.276 e. The van der Waals surface area contributed by atoms with Crippen LogP contribution in [0.2, 0.25) is 0 Å². The van der Waals surface area contributed by atoms with Crippen molar-refractivity contribution in [1.82, 2.24) is 20.1 Å². The predicted molar refractivity (Wildman–Crippen MR) is 83.8 cm³/mol. The van der Waals surface area contributed by atoms with Crippen LogP contribution in [0.4, 0.5) is 4.39 Å². The van der Waals surface area contributed by atoms with Gasteiger partial charge < -0.3 is 14.2 Å². The van der Waals surface area contributed by atoms with Gasteiger partial charge in [0.05, 0.1) is 12.5 Å². The van der Waals surface area contributed by atoms with E-state index in [4.69, 9.17) is 9.26 Å². The van der Waals surface area contributed by atoms with Gasteiger partial charge in [-0.15, -0.1) is 0 Å². The number of H-pyrrole nitrogens is 1. The van der Waals surface area contributed by atoms with Crippen LogP contribution in [0.15, 0.2) is 65.6 Å². The second-order valence-corrected chi connectivity index (χ2v) is 4.97. The minimum absolute atomic E-state index is 0.303. The van der Waals surface area contributed by atoms with Gasteiger partial charge in [-0.2, -0.15) is 4.98 Å². The van der Waals surface area contributed by atoms with Gasteiger partial charge in [-0.1, -0.05) is 5.16 Å². The minimum Gasteiger partial charge on any atom is -0.457 e. The zero-order valence-corrected chi connectivity index (χ0v) is 12.3. The number of hydrogen-bond acceptors (Lipinski definition) is 5. The molecule has 24 heavy (non-hydrogen) atoms. The molecule has 1 N–H and O–H groups in total. The van der Waals surface area contributed by atoms with Gasteiger partial charge in [0.25, 0.3) is 5.89 Å². The summed E-state index contributed by atoms with van der Waals surface area (Å²) in [7, 11) is 0. The van der Waals surface area contributed by atoms with Crippen molar-refractivity contribution in [2.45, 2.75) is 0 Å². The fraction of sp³-hybridized carbons (Fsp3) is 0. The molecule has 0 unspecified atom stereocenters. The molecule has 0 spiro atoms. The maximum absolute atomic E-state index is 12.9. The fourth-order valence-electron chi connectivity index (χ4n) is 2.13. The van der Waals surface area contributed by atoms with Gasteiger partial charge in [0, 0.05) is 5.56 Å². The Bertz CT molecular complexity index is 932. The van der Waals surface area contributed by atoms with Gasteiger partial charge in [0.2, 0.25) is 5.82 Å². The molecule has 0 atom stereocenters. The van der Waals surface area contributed by atoms with Crippen LogP contribution in [0, 0.1) is 5.82 Å². The molecule has 0 aliphatic rings. The van der Waals surface area contributed by atoms with Gasteiger partial charge in [-0.05, 0) is 48.5 Å². The first-order chi connectivity index (χ1) is 11.8. The second kappa shape index (κ2) is 5.96. The van der Waals surface area contributed by atoms with Gasteiger partial charge in [-0.25, -0.2) is 9.37 Å². The maximum atomic E-state index is 12.9. The molecule has 0 amide bonds. The number of rotatable bonds is 4. The Morgan fingerprint density at radius 1 is 0.958 bits per heavy atom. The molecule has 0 aliphatic heterocycles. The van der Waals surface area contributed by atoms with Crippen LogP contribution in [0.3, 0.4) is 0 Å². The van der Waals surface area contributed by atoms with E-state index in [1.54, 1.807) is 36.8 Å². The Hall–Kier alpha value is -3.48. The SMILES string of the molecule is Fc1ccc(Oc2ccc(-c3noc(-c4cnc[nH]4)n3)cc2)cc1. The summed E-state index contributed by atoms with van der Waals surface area (Å²) in [6, 6.07) is 13.0. The maximum Gasteiger partial charge on any atom is 0.276 e. The minimum atomic E-state index is -0.303. The van der Waals surface area contributed by atoms with Gasteiger partial charge in [-0.3, -0.25) is 0 Å². The molecular weight excluding hydrogens is 311 g/mol. The average molecular weight is 322 g/mol. The highest BCUT2D eigenvalue weighted by molar-refractivity contribution is 5.58. The highest BCUT2D eigenvalue weighted by atomic mass is 19.1. The van der Waals surface area contributed by atoms with Crippen molar-refractivity contribution in [2.24, 2.45) is 0 Å². The van der Waals surface area contributed by atoms with E-state index in [9.17, 15) is 4.39 Å². The Kier molecular flexibility index (Phi) is 3.51. The molecule has 0 fully saturated rings. The molecular formula is C17H11FN4O2. The average Bonchev–Trinajstić information content (AvgIpc) is 3.29. The third-order valence-corrected chi connectivity index (χ3v) is 3.32.